The molecule has 0 radical (unpaired) electrons. The normalized spacial score (nSPS) is 25.4. The Kier molecular flexibility index (Phi) is 7.06. The lowest BCUT2D eigenvalue weighted by atomic mass is 9.98. The van der Waals surface area contributed by atoms with E-state index in [1.165, 1.54) is 18.2 Å². The Balaban J connectivity index is 1.85. The average molecular weight is 452 g/mol. The third-order valence-electron chi connectivity index (χ3n) is 5.21. The summed E-state index contributed by atoms with van der Waals surface area (Å²) >= 11 is 0. The van der Waals surface area contributed by atoms with Crippen LogP contribution in [0, 0.1) is 0 Å². The maximum absolute atomic E-state index is 11.6. The standard InChI is InChI=1S/C21H24O11/c22-8-15-17(26)18(27)19(28)21(32-15)31-11-6-10(16(20(29)30)14(25)7-11)3-1-9-2-4-12(23)13(24)5-9/h2,4-7,15,17-19,21-28H,1,3,8H2,(H,29,30)/t15-,17-,18+,19-,21-/m1/s1. The minimum absolute atomic E-state index is 0.0830. The molecule has 1 aliphatic rings. The summed E-state index contributed by atoms with van der Waals surface area (Å²) in [7, 11) is 0. The summed E-state index contributed by atoms with van der Waals surface area (Å²) in [6.45, 7) is -0.654. The summed E-state index contributed by atoms with van der Waals surface area (Å²) in [5.74, 6) is -2.70. The smallest absolute Gasteiger partial charge is 0.339 e. The Morgan fingerprint density at radius 2 is 1.62 bits per heavy atom. The quantitative estimate of drug-likeness (QED) is 0.251. The molecule has 1 aliphatic heterocycles. The van der Waals surface area contributed by atoms with Gasteiger partial charge in [-0.25, -0.2) is 4.79 Å². The lowest BCUT2D eigenvalue weighted by Gasteiger charge is -2.39. The fourth-order valence-electron chi connectivity index (χ4n) is 3.47. The highest BCUT2D eigenvalue weighted by molar-refractivity contribution is 5.93. The van der Waals surface area contributed by atoms with E-state index < -0.39 is 49.0 Å². The first-order valence-corrected chi connectivity index (χ1v) is 9.69. The Morgan fingerprint density at radius 1 is 0.906 bits per heavy atom. The number of benzene rings is 2. The van der Waals surface area contributed by atoms with Crippen molar-refractivity contribution in [2.75, 3.05) is 6.61 Å². The number of hydrogen-bond acceptors (Lipinski definition) is 10. The van der Waals surface area contributed by atoms with Gasteiger partial charge in [-0.3, -0.25) is 0 Å². The molecule has 2 aromatic rings. The number of phenols is 3. The van der Waals surface area contributed by atoms with E-state index in [0.29, 0.717) is 5.56 Å². The molecule has 0 aliphatic carbocycles. The van der Waals surface area contributed by atoms with Crippen LogP contribution in [-0.2, 0) is 17.6 Å². The van der Waals surface area contributed by atoms with Gasteiger partial charge in [0, 0.05) is 6.07 Å². The summed E-state index contributed by atoms with van der Waals surface area (Å²) < 4.78 is 10.7. The molecule has 0 unspecified atom stereocenters. The topological polar surface area (TPSA) is 197 Å². The lowest BCUT2D eigenvalue weighted by Crippen LogP contribution is -2.60. The van der Waals surface area contributed by atoms with Crippen LogP contribution in [0.15, 0.2) is 30.3 Å². The molecule has 1 heterocycles. The Hall–Kier alpha value is -3.09. The minimum Gasteiger partial charge on any atom is -0.507 e. The van der Waals surface area contributed by atoms with Crippen LogP contribution in [-0.4, -0.2) is 84.1 Å². The molecule has 1 saturated heterocycles. The highest BCUT2D eigenvalue weighted by Gasteiger charge is 2.44. The van der Waals surface area contributed by atoms with Crippen molar-refractivity contribution in [2.45, 2.75) is 43.5 Å². The highest BCUT2D eigenvalue weighted by atomic mass is 16.7. The number of aliphatic hydroxyl groups is 4. The number of carboxylic acid groups (broad SMARTS) is 1. The third-order valence-corrected chi connectivity index (χ3v) is 5.21. The summed E-state index contributed by atoms with van der Waals surface area (Å²) in [6.07, 6.45) is -7.29. The molecule has 0 spiro atoms. The van der Waals surface area contributed by atoms with Crippen molar-refractivity contribution in [1.82, 2.24) is 0 Å². The molecule has 2 aromatic carbocycles. The second-order valence-corrected chi connectivity index (χ2v) is 7.42. The van der Waals surface area contributed by atoms with Gasteiger partial charge in [0.25, 0.3) is 0 Å². The van der Waals surface area contributed by atoms with E-state index in [4.69, 9.17) is 9.47 Å². The van der Waals surface area contributed by atoms with E-state index in [2.05, 4.69) is 0 Å². The summed E-state index contributed by atoms with van der Waals surface area (Å²) in [5.41, 5.74) is 0.398. The van der Waals surface area contributed by atoms with E-state index in [1.54, 1.807) is 6.07 Å². The Bertz CT molecular complexity index is 974. The first kappa shape index (κ1) is 23.6. The molecule has 174 valence electrons. The molecule has 3 rings (SSSR count). The van der Waals surface area contributed by atoms with Crippen LogP contribution in [0.3, 0.4) is 0 Å². The first-order chi connectivity index (χ1) is 15.1. The van der Waals surface area contributed by atoms with Crippen LogP contribution in [0.1, 0.15) is 21.5 Å². The van der Waals surface area contributed by atoms with Gasteiger partial charge in [-0.15, -0.1) is 0 Å². The first-order valence-electron chi connectivity index (χ1n) is 9.69. The zero-order valence-corrected chi connectivity index (χ0v) is 16.7. The van der Waals surface area contributed by atoms with E-state index in [9.17, 15) is 45.6 Å². The van der Waals surface area contributed by atoms with Crippen molar-refractivity contribution in [2.24, 2.45) is 0 Å². The number of aromatic carboxylic acids is 1. The van der Waals surface area contributed by atoms with Crippen LogP contribution in [0.25, 0.3) is 0 Å². The van der Waals surface area contributed by atoms with E-state index in [-0.39, 0.29) is 41.2 Å². The third kappa shape index (κ3) is 4.87. The monoisotopic (exact) mass is 452 g/mol. The Morgan fingerprint density at radius 3 is 2.25 bits per heavy atom. The molecule has 8 N–H and O–H groups in total. The van der Waals surface area contributed by atoms with Gasteiger partial charge in [0.15, 0.2) is 11.5 Å². The van der Waals surface area contributed by atoms with Crippen molar-refractivity contribution in [3.05, 3.63) is 47.0 Å². The summed E-state index contributed by atoms with van der Waals surface area (Å²) in [5, 5.41) is 77.9. The number of aryl methyl sites for hydroxylation is 2. The second kappa shape index (κ2) is 9.59. The summed E-state index contributed by atoms with van der Waals surface area (Å²) in [6, 6.07) is 6.47. The van der Waals surface area contributed by atoms with Crippen molar-refractivity contribution in [3.8, 4) is 23.0 Å². The SMILES string of the molecule is O=C(O)c1c(O)cc(O[C@@H]2O[C@H](CO)[C@@H](O)[C@H](O)[C@H]2O)cc1CCc1ccc(O)c(O)c1. The van der Waals surface area contributed by atoms with Gasteiger partial charge in [-0.05, 0) is 42.2 Å². The molecule has 1 fully saturated rings. The lowest BCUT2D eigenvalue weighted by molar-refractivity contribution is -0.277. The van der Waals surface area contributed by atoms with Gasteiger partial charge >= 0.3 is 5.97 Å². The van der Waals surface area contributed by atoms with E-state index >= 15 is 0 Å². The number of rotatable bonds is 7. The van der Waals surface area contributed by atoms with Crippen LogP contribution < -0.4 is 4.74 Å². The molecule has 0 amide bonds. The zero-order valence-electron chi connectivity index (χ0n) is 16.7. The van der Waals surface area contributed by atoms with Gasteiger partial charge in [0.2, 0.25) is 6.29 Å². The Labute approximate surface area is 182 Å². The minimum atomic E-state index is -1.68. The molecule has 5 atom stereocenters. The fourth-order valence-corrected chi connectivity index (χ4v) is 3.47. The van der Waals surface area contributed by atoms with E-state index in [1.807, 2.05) is 0 Å². The molecule has 0 saturated carbocycles. The van der Waals surface area contributed by atoms with Gasteiger partial charge in [-0.2, -0.15) is 0 Å². The highest BCUT2D eigenvalue weighted by Crippen LogP contribution is 2.32. The van der Waals surface area contributed by atoms with Gasteiger partial charge in [0.1, 0.15) is 41.5 Å². The molecule has 11 nitrogen and oxygen atoms in total. The molecule has 32 heavy (non-hydrogen) atoms. The number of aliphatic hydroxyl groups excluding tert-OH is 4. The van der Waals surface area contributed by atoms with Gasteiger partial charge in [-0.1, -0.05) is 6.07 Å². The predicted octanol–water partition coefficient (Wildman–Crippen LogP) is -0.535. The van der Waals surface area contributed by atoms with Gasteiger partial charge < -0.3 is 50.3 Å². The fraction of sp³-hybridized carbons (Fsp3) is 0.381. The predicted molar refractivity (Wildman–Crippen MR) is 107 cm³/mol. The van der Waals surface area contributed by atoms with Crippen LogP contribution in [0.2, 0.25) is 0 Å². The van der Waals surface area contributed by atoms with Crippen molar-refractivity contribution in [1.29, 1.82) is 0 Å². The molecular formula is C21H24O11. The van der Waals surface area contributed by atoms with E-state index in [0.717, 1.165) is 6.07 Å². The maximum Gasteiger partial charge on any atom is 0.339 e. The molecule has 0 bridgehead atoms. The molecule has 0 aromatic heterocycles. The summed E-state index contributed by atoms with van der Waals surface area (Å²) in [4.78, 5) is 11.6. The van der Waals surface area contributed by atoms with Crippen molar-refractivity contribution < 1.29 is 55.1 Å². The number of aromatic hydroxyl groups is 3. The largest absolute Gasteiger partial charge is 0.507 e. The van der Waals surface area contributed by atoms with Gasteiger partial charge in [0.05, 0.1) is 6.61 Å². The number of ether oxygens (including phenoxy) is 2. The van der Waals surface area contributed by atoms with Crippen molar-refractivity contribution >= 4 is 5.97 Å². The molecule has 11 heteroatoms. The van der Waals surface area contributed by atoms with Crippen LogP contribution in [0.5, 0.6) is 23.0 Å². The number of hydrogen-bond donors (Lipinski definition) is 8. The number of phenolic OH excluding ortho intramolecular Hbond substituents is 2. The number of carboxylic acids is 1. The van der Waals surface area contributed by atoms with Crippen molar-refractivity contribution in [3.63, 3.8) is 0 Å². The molecular weight excluding hydrogens is 428 g/mol. The zero-order chi connectivity index (χ0) is 23.6. The maximum atomic E-state index is 11.6. The number of carbonyl (C=O) groups is 1. The van der Waals surface area contributed by atoms with Crippen LogP contribution >= 0.6 is 0 Å². The van der Waals surface area contributed by atoms with Crippen LogP contribution in [0.4, 0.5) is 0 Å². The average Bonchev–Trinajstić information content (AvgIpc) is 2.74. The second-order valence-electron chi connectivity index (χ2n) is 7.42.